The molecule has 0 N–H and O–H groups in total. The largest absolute Gasteiger partial charge is 0.489 e. The molecule has 5 rings (SSSR count). The summed E-state index contributed by atoms with van der Waals surface area (Å²) in [5.74, 6) is -1.67. The number of carbonyl (C=O) groups excluding carboxylic acids is 2. The van der Waals surface area contributed by atoms with Crippen molar-refractivity contribution in [2.45, 2.75) is 89.8 Å². The van der Waals surface area contributed by atoms with Crippen molar-refractivity contribution in [3.05, 3.63) is 65.4 Å². The van der Waals surface area contributed by atoms with E-state index in [2.05, 4.69) is 10.8 Å². The molecule has 3 aromatic rings. The summed E-state index contributed by atoms with van der Waals surface area (Å²) in [6.07, 6.45) is 3.70. The Hall–Kier alpha value is -3.42. The number of ether oxygens (including phenoxy) is 3. The minimum Gasteiger partial charge on any atom is -0.489 e. The molecular weight excluding hydrogens is 504 g/mol. The zero-order valence-corrected chi connectivity index (χ0v) is 23.3. The number of alkyl halides is 2. The first kappa shape index (κ1) is 28.6. The van der Waals surface area contributed by atoms with Gasteiger partial charge in [-0.3, -0.25) is 4.57 Å². The molecule has 2 fully saturated rings. The first-order valence-corrected chi connectivity index (χ1v) is 13.4. The Morgan fingerprint density at radius 1 is 1.00 bits per heavy atom. The molecular formula is C31H37F2NO5. The third kappa shape index (κ3) is 7.16. The third-order valence-electron chi connectivity index (χ3n) is 6.89. The van der Waals surface area contributed by atoms with E-state index in [1.807, 2.05) is 39.8 Å². The third-order valence-corrected chi connectivity index (χ3v) is 6.89. The summed E-state index contributed by atoms with van der Waals surface area (Å²) in [5.41, 5.74) is 2.88. The number of rotatable bonds is 4. The number of halogens is 2. The van der Waals surface area contributed by atoms with E-state index in [0.29, 0.717) is 24.3 Å². The van der Waals surface area contributed by atoms with Gasteiger partial charge in [-0.25, -0.2) is 18.4 Å². The molecule has 210 valence electrons. The molecule has 0 aliphatic heterocycles. The molecule has 1 aromatic heterocycles. The fourth-order valence-electron chi connectivity index (χ4n) is 4.82. The van der Waals surface area contributed by atoms with Gasteiger partial charge in [-0.2, -0.15) is 0 Å². The number of esters is 1. The number of hydrogen-bond acceptors (Lipinski definition) is 5. The molecule has 0 radical (unpaired) electrons. The summed E-state index contributed by atoms with van der Waals surface area (Å²) in [6.45, 7) is 7.49. The normalized spacial score (nSPS) is 17.2. The molecule has 2 aromatic carbocycles. The molecule has 2 aliphatic rings. The monoisotopic (exact) mass is 541 g/mol. The van der Waals surface area contributed by atoms with E-state index in [-0.39, 0.29) is 24.9 Å². The highest BCUT2D eigenvalue weighted by molar-refractivity contribution is 5.96. The lowest BCUT2D eigenvalue weighted by atomic mass is 9.94. The van der Waals surface area contributed by atoms with Gasteiger partial charge in [0.1, 0.15) is 11.4 Å². The second-order valence-electron chi connectivity index (χ2n) is 11.3. The van der Waals surface area contributed by atoms with E-state index in [1.54, 1.807) is 30.5 Å². The number of nitrogens with zero attached hydrogens (tertiary/aromatic N) is 1. The van der Waals surface area contributed by atoms with Gasteiger partial charge in [-0.1, -0.05) is 18.2 Å². The predicted molar refractivity (Wildman–Crippen MR) is 146 cm³/mol. The Kier molecular flexibility index (Phi) is 8.33. The van der Waals surface area contributed by atoms with Crippen LogP contribution >= 0.6 is 0 Å². The summed E-state index contributed by atoms with van der Waals surface area (Å²) in [7, 11) is 1.37. The highest BCUT2D eigenvalue weighted by Gasteiger charge is 2.37. The van der Waals surface area contributed by atoms with Crippen LogP contribution in [0.3, 0.4) is 0 Å². The molecule has 2 aliphatic carbocycles. The van der Waals surface area contributed by atoms with Crippen molar-refractivity contribution < 1.29 is 32.6 Å². The van der Waals surface area contributed by atoms with E-state index in [9.17, 15) is 18.4 Å². The SMILES string of the molecule is COC(=O)c1ccccc1.Cc1cc(C2CC2)c(OC2CCC(F)(F)CC2)c2ccn(C(=O)OC(C)(C)C)c12. The van der Waals surface area contributed by atoms with E-state index in [1.165, 1.54) is 11.7 Å². The van der Waals surface area contributed by atoms with Gasteiger partial charge < -0.3 is 14.2 Å². The molecule has 2 saturated carbocycles. The number of carbonyl (C=O) groups is 2. The number of hydrogen-bond donors (Lipinski definition) is 0. The molecule has 8 heteroatoms. The number of aryl methyl sites for hydroxylation is 1. The molecule has 0 amide bonds. The summed E-state index contributed by atoms with van der Waals surface area (Å²) < 4.78 is 45.0. The van der Waals surface area contributed by atoms with Gasteiger partial charge in [0, 0.05) is 24.4 Å². The highest BCUT2D eigenvalue weighted by atomic mass is 19.3. The van der Waals surface area contributed by atoms with Crippen LogP contribution in [0.2, 0.25) is 0 Å². The van der Waals surface area contributed by atoms with Crippen molar-refractivity contribution in [1.82, 2.24) is 4.57 Å². The zero-order chi connectivity index (χ0) is 28.4. The standard InChI is InChI=1S/C23H29F2NO3.C8H8O2/c1-14-13-18(15-5-6-15)20(28-16-7-10-23(24,25)11-8-16)17-9-12-26(19(14)17)21(27)29-22(2,3)4;1-10-8(9)7-5-3-2-4-6-7/h9,12-13,15-16H,5-8,10-11H2,1-4H3;2-6H,1H3. The van der Waals surface area contributed by atoms with E-state index >= 15 is 0 Å². The van der Waals surface area contributed by atoms with Gasteiger partial charge in [0.15, 0.2) is 0 Å². The number of benzene rings is 2. The predicted octanol–water partition coefficient (Wildman–Crippen LogP) is 8.04. The molecule has 6 nitrogen and oxygen atoms in total. The number of methoxy groups -OCH3 is 1. The van der Waals surface area contributed by atoms with E-state index < -0.39 is 17.6 Å². The van der Waals surface area contributed by atoms with Crippen LogP contribution in [0.1, 0.15) is 86.7 Å². The maximum absolute atomic E-state index is 13.6. The fourth-order valence-corrected chi connectivity index (χ4v) is 4.82. The fraction of sp³-hybridized carbons (Fsp3) is 0.484. The Balaban J connectivity index is 0.000000298. The second kappa shape index (κ2) is 11.4. The topological polar surface area (TPSA) is 66.8 Å². The molecule has 0 saturated heterocycles. The first-order valence-electron chi connectivity index (χ1n) is 13.4. The second-order valence-corrected chi connectivity index (χ2v) is 11.3. The summed E-state index contributed by atoms with van der Waals surface area (Å²) in [5, 5.41) is 0.857. The molecule has 1 heterocycles. The lowest BCUT2D eigenvalue weighted by Crippen LogP contribution is -2.31. The smallest absolute Gasteiger partial charge is 0.419 e. The first-order chi connectivity index (χ1) is 18.4. The maximum Gasteiger partial charge on any atom is 0.419 e. The van der Waals surface area contributed by atoms with Crippen molar-refractivity contribution in [3.63, 3.8) is 0 Å². The van der Waals surface area contributed by atoms with Crippen LogP contribution in [-0.2, 0) is 9.47 Å². The van der Waals surface area contributed by atoms with E-state index in [4.69, 9.17) is 9.47 Å². The molecule has 0 atom stereocenters. The Labute approximate surface area is 228 Å². The lowest BCUT2D eigenvalue weighted by molar-refractivity contribution is -0.0581. The van der Waals surface area contributed by atoms with Crippen molar-refractivity contribution >= 4 is 23.0 Å². The Morgan fingerprint density at radius 2 is 1.64 bits per heavy atom. The quantitative estimate of drug-likeness (QED) is 0.313. The molecule has 0 bridgehead atoms. The summed E-state index contributed by atoms with van der Waals surface area (Å²) >= 11 is 0. The van der Waals surface area contributed by atoms with Gasteiger partial charge in [0.25, 0.3) is 0 Å². The maximum atomic E-state index is 13.6. The van der Waals surface area contributed by atoms with Crippen molar-refractivity contribution in [3.8, 4) is 5.75 Å². The molecule has 0 unspecified atom stereocenters. The van der Waals surface area contributed by atoms with Gasteiger partial charge in [0.2, 0.25) is 5.92 Å². The van der Waals surface area contributed by atoms with Crippen LogP contribution in [0, 0.1) is 6.92 Å². The Bertz CT molecular complexity index is 1310. The summed E-state index contributed by atoms with van der Waals surface area (Å²) in [4.78, 5) is 23.5. The van der Waals surface area contributed by atoms with Gasteiger partial charge in [-0.15, -0.1) is 0 Å². The minimum absolute atomic E-state index is 0.135. The van der Waals surface area contributed by atoms with Crippen LogP contribution in [0.5, 0.6) is 5.75 Å². The average molecular weight is 542 g/mol. The van der Waals surface area contributed by atoms with Crippen LogP contribution in [0.25, 0.3) is 10.9 Å². The van der Waals surface area contributed by atoms with Crippen LogP contribution in [-0.4, -0.2) is 41.4 Å². The summed E-state index contributed by atoms with van der Waals surface area (Å²) in [6, 6.07) is 12.8. The van der Waals surface area contributed by atoms with Crippen LogP contribution in [0.15, 0.2) is 48.7 Å². The van der Waals surface area contributed by atoms with Crippen molar-refractivity contribution in [2.24, 2.45) is 0 Å². The van der Waals surface area contributed by atoms with Crippen molar-refractivity contribution in [2.75, 3.05) is 7.11 Å². The minimum atomic E-state index is -2.58. The van der Waals surface area contributed by atoms with Crippen LogP contribution in [0.4, 0.5) is 13.6 Å². The van der Waals surface area contributed by atoms with Gasteiger partial charge in [0.05, 0.1) is 24.3 Å². The Morgan fingerprint density at radius 3 is 2.21 bits per heavy atom. The van der Waals surface area contributed by atoms with Crippen molar-refractivity contribution in [1.29, 1.82) is 0 Å². The molecule has 39 heavy (non-hydrogen) atoms. The van der Waals surface area contributed by atoms with Crippen LogP contribution < -0.4 is 4.74 Å². The molecule has 0 spiro atoms. The lowest BCUT2D eigenvalue weighted by Gasteiger charge is -2.30. The zero-order valence-electron chi connectivity index (χ0n) is 23.3. The highest BCUT2D eigenvalue weighted by Crippen LogP contribution is 2.49. The number of aromatic nitrogens is 1. The van der Waals surface area contributed by atoms with Gasteiger partial charge in [-0.05, 0) is 94.7 Å². The van der Waals surface area contributed by atoms with E-state index in [0.717, 1.165) is 40.6 Å². The number of fused-ring (bicyclic) bond motifs is 1. The van der Waals surface area contributed by atoms with Gasteiger partial charge >= 0.3 is 12.1 Å². The average Bonchev–Trinajstić information content (AvgIpc) is 3.63.